The molecule has 1 fully saturated rings. The van der Waals surface area contributed by atoms with Gasteiger partial charge in [0.1, 0.15) is 0 Å². The first kappa shape index (κ1) is 16.5. The van der Waals surface area contributed by atoms with Gasteiger partial charge in [-0.15, -0.1) is 0 Å². The molecule has 2 N–H and O–H groups in total. The van der Waals surface area contributed by atoms with E-state index in [-0.39, 0.29) is 24.9 Å². The number of amides is 3. The monoisotopic (exact) mass is 284 g/mol. The van der Waals surface area contributed by atoms with Gasteiger partial charge in [0.2, 0.25) is 5.91 Å². The zero-order valence-corrected chi connectivity index (χ0v) is 12.2. The summed E-state index contributed by atoms with van der Waals surface area (Å²) in [6.07, 6.45) is 3.75. The quantitative estimate of drug-likeness (QED) is 0.781. The van der Waals surface area contributed by atoms with Crippen LogP contribution in [0.1, 0.15) is 52.4 Å². The Balaban J connectivity index is 2.53. The molecule has 114 valence electrons. The molecule has 0 atom stereocenters. The smallest absolute Gasteiger partial charge is 0.324 e. The van der Waals surface area contributed by atoms with E-state index in [9.17, 15) is 14.4 Å². The van der Waals surface area contributed by atoms with Crippen molar-refractivity contribution in [1.82, 2.24) is 10.2 Å². The average Bonchev–Trinajstić information content (AvgIpc) is 2.86. The first-order valence-electron chi connectivity index (χ1n) is 7.22. The van der Waals surface area contributed by atoms with Gasteiger partial charge in [0.25, 0.3) is 0 Å². The van der Waals surface area contributed by atoms with Crippen LogP contribution in [0, 0.1) is 5.92 Å². The number of imide groups is 1. The molecule has 0 aliphatic heterocycles. The molecule has 20 heavy (non-hydrogen) atoms. The second-order valence-corrected chi connectivity index (χ2v) is 5.73. The number of carboxylic acids is 1. The van der Waals surface area contributed by atoms with Gasteiger partial charge in [-0.2, -0.15) is 0 Å². The molecule has 3 amide bonds. The highest BCUT2D eigenvalue weighted by Gasteiger charge is 2.28. The third kappa shape index (κ3) is 5.59. The highest BCUT2D eigenvalue weighted by atomic mass is 16.4. The van der Waals surface area contributed by atoms with Crippen LogP contribution in [0.4, 0.5) is 4.79 Å². The second kappa shape index (κ2) is 7.87. The summed E-state index contributed by atoms with van der Waals surface area (Å²) in [7, 11) is 0. The third-order valence-electron chi connectivity index (χ3n) is 3.40. The lowest BCUT2D eigenvalue weighted by atomic mass is 10.1. The van der Waals surface area contributed by atoms with Gasteiger partial charge in [-0.1, -0.05) is 26.7 Å². The Kier molecular flexibility index (Phi) is 6.48. The molecule has 0 aromatic carbocycles. The van der Waals surface area contributed by atoms with Crippen molar-refractivity contribution in [2.75, 3.05) is 6.54 Å². The Hall–Kier alpha value is -1.59. The Bertz CT molecular complexity index is 362. The summed E-state index contributed by atoms with van der Waals surface area (Å²) in [5.41, 5.74) is 0. The van der Waals surface area contributed by atoms with E-state index in [4.69, 9.17) is 5.11 Å². The minimum absolute atomic E-state index is 0.165. The number of nitrogens with one attached hydrogen (secondary N) is 1. The lowest BCUT2D eigenvalue weighted by Crippen LogP contribution is -2.48. The number of hydrogen-bond acceptors (Lipinski definition) is 3. The summed E-state index contributed by atoms with van der Waals surface area (Å²) in [5.74, 6) is -1.23. The Morgan fingerprint density at radius 3 is 2.30 bits per heavy atom. The van der Waals surface area contributed by atoms with Crippen LogP contribution in [-0.4, -0.2) is 40.5 Å². The molecule has 6 nitrogen and oxygen atoms in total. The molecule has 0 aromatic heterocycles. The number of carbonyl (C=O) groups excluding carboxylic acids is 2. The van der Waals surface area contributed by atoms with Gasteiger partial charge >= 0.3 is 12.0 Å². The van der Waals surface area contributed by atoms with Crippen molar-refractivity contribution in [2.24, 2.45) is 5.92 Å². The molecular weight excluding hydrogens is 260 g/mol. The summed E-state index contributed by atoms with van der Waals surface area (Å²) in [6.45, 7) is 4.67. The lowest BCUT2D eigenvalue weighted by molar-refractivity contribution is -0.138. The maximum atomic E-state index is 12.2. The zero-order valence-electron chi connectivity index (χ0n) is 12.2. The van der Waals surface area contributed by atoms with Crippen LogP contribution in [0.25, 0.3) is 0 Å². The molecule has 0 bridgehead atoms. The standard InChI is InChI=1S/C14H24N2O4/c1-10(2)9-16(11-5-3-4-6-11)14(20)15-12(17)7-8-13(18)19/h10-11H,3-9H2,1-2H3,(H,18,19)(H,15,17,20). The fourth-order valence-corrected chi connectivity index (χ4v) is 2.48. The van der Waals surface area contributed by atoms with E-state index in [0.29, 0.717) is 12.5 Å². The Morgan fingerprint density at radius 2 is 1.80 bits per heavy atom. The summed E-state index contributed by atoms with van der Waals surface area (Å²) >= 11 is 0. The van der Waals surface area contributed by atoms with Crippen molar-refractivity contribution >= 4 is 17.9 Å². The summed E-state index contributed by atoms with van der Waals surface area (Å²) in [4.78, 5) is 35.8. The zero-order chi connectivity index (χ0) is 15.1. The number of rotatable bonds is 6. The fourth-order valence-electron chi connectivity index (χ4n) is 2.48. The van der Waals surface area contributed by atoms with Crippen molar-refractivity contribution in [1.29, 1.82) is 0 Å². The van der Waals surface area contributed by atoms with Gasteiger partial charge in [0.15, 0.2) is 0 Å². The molecule has 1 rings (SSSR count). The molecule has 0 unspecified atom stereocenters. The fraction of sp³-hybridized carbons (Fsp3) is 0.786. The predicted octanol–water partition coefficient (Wildman–Crippen LogP) is 1.99. The maximum Gasteiger partial charge on any atom is 0.324 e. The molecule has 0 heterocycles. The molecule has 0 saturated heterocycles. The van der Waals surface area contributed by atoms with E-state index in [1.165, 1.54) is 0 Å². The minimum atomic E-state index is -1.04. The summed E-state index contributed by atoms with van der Waals surface area (Å²) in [5, 5.41) is 10.8. The molecule has 1 aliphatic carbocycles. The maximum absolute atomic E-state index is 12.2. The topological polar surface area (TPSA) is 86.7 Å². The molecule has 1 saturated carbocycles. The SMILES string of the molecule is CC(C)CN(C(=O)NC(=O)CCC(=O)O)C1CCCC1. The van der Waals surface area contributed by atoms with Crippen LogP contribution in [0.2, 0.25) is 0 Å². The van der Waals surface area contributed by atoms with E-state index in [1.807, 2.05) is 13.8 Å². The van der Waals surface area contributed by atoms with Gasteiger partial charge in [-0.25, -0.2) is 4.79 Å². The first-order chi connectivity index (χ1) is 9.40. The normalized spacial score (nSPS) is 15.3. The van der Waals surface area contributed by atoms with Crippen LogP contribution in [-0.2, 0) is 9.59 Å². The highest BCUT2D eigenvalue weighted by Crippen LogP contribution is 2.24. The molecule has 0 spiro atoms. The number of hydrogen-bond donors (Lipinski definition) is 2. The van der Waals surface area contributed by atoms with E-state index >= 15 is 0 Å². The van der Waals surface area contributed by atoms with Gasteiger partial charge in [-0.05, 0) is 18.8 Å². The van der Waals surface area contributed by atoms with E-state index in [0.717, 1.165) is 25.7 Å². The Labute approximate surface area is 119 Å². The van der Waals surface area contributed by atoms with Crippen molar-refractivity contribution < 1.29 is 19.5 Å². The summed E-state index contributed by atoms with van der Waals surface area (Å²) < 4.78 is 0. The average molecular weight is 284 g/mol. The molecule has 0 aromatic rings. The number of urea groups is 1. The van der Waals surface area contributed by atoms with Crippen LogP contribution in [0.3, 0.4) is 0 Å². The van der Waals surface area contributed by atoms with Crippen LogP contribution in [0.5, 0.6) is 0 Å². The van der Waals surface area contributed by atoms with E-state index in [2.05, 4.69) is 5.32 Å². The molecule has 0 radical (unpaired) electrons. The minimum Gasteiger partial charge on any atom is -0.481 e. The Morgan fingerprint density at radius 1 is 1.20 bits per heavy atom. The predicted molar refractivity (Wildman–Crippen MR) is 74.2 cm³/mol. The van der Waals surface area contributed by atoms with Crippen molar-refractivity contribution in [3.8, 4) is 0 Å². The summed E-state index contributed by atoms with van der Waals surface area (Å²) in [6, 6.07) is -0.189. The van der Waals surface area contributed by atoms with Crippen molar-refractivity contribution in [3.05, 3.63) is 0 Å². The van der Waals surface area contributed by atoms with Gasteiger partial charge < -0.3 is 10.0 Å². The van der Waals surface area contributed by atoms with E-state index < -0.39 is 11.9 Å². The first-order valence-corrected chi connectivity index (χ1v) is 7.22. The highest BCUT2D eigenvalue weighted by molar-refractivity contribution is 5.95. The largest absolute Gasteiger partial charge is 0.481 e. The molecular formula is C14H24N2O4. The number of aliphatic carboxylic acids is 1. The van der Waals surface area contributed by atoms with Gasteiger partial charge in [-0.3, -0.25) is 14.9 Å². The molecule has 6 heteroatoms. The molecule has 1 aliphatic rings. The number of carboxylic acid groups (broad SMARTS) is 1. The van der Waals surface area contributed by atoms with Crippen LogP contribution < -0.4 is 5.32 Å². The number of nitrogens with zero attached hydrogens (tertiary/aromatic N) is 1. The lowest BCUT2D eigenvalue weighted by Gasteiger charge is -2.30. The van der Waals surface area contributed by atoms with Crippen molar-refractivity contribution in [3.63, 3.8) is 0 Å². The van der Waals surface area contributed by atoms with Gasteiger partial charge in [0.05, 0.1) is 6.42 Å². The number of carbonyl (C=O) groups is 3. The third-order valence-corrected chi connectivity index (χ3v) is 3.40. The van der Waals surface area contributed by atoms with Gasteiger partial charge in [0, 0.05) is 19.0 Å². The van der Waals surface area contributed by atoms with Crippen molar-refractivity contribution in [2.45, 2.75) is 58.4 Å². The van der Waals surface area contributed by atoms with E-state index in [1.54, 1.807) is 4.90 Å². The second-order valence-electron chi connectivity index (χ2n) is 5.73. The van der Waals surface area contributed by atoms with Crippen LogP contribution >= 0.6 is 0 Å². The van der Waals surface area contributed by atoms with Crippen LogP contribution in [0.15, 0.2) is 0 Å².